The lowest BCUT2D eigenvalue weighted by atomic mass is 9.79. The first-order chi connectivity index (χ1) is 10.5. The number of aromatic nitrogens is 1. The minimum absolute atomic E-state index is 0. The molecule has 2 aliphatic rings. The second-order valence-corrected chi connectivity index (χ2v) is 8.36. The summed E-state index contributed by atoms with van der Waals surface area (Å²) in [6.45, 7) is 6.77. The second kappa shape index (κ2) is 7.51. The molecule has 23 heavy (non-hydrogen) atoms. The zero-order chi connectivity index (χ0) is 15.7. The molecule has 3 rings (SSSR count). The topological polar surface area (TPSA) is 75.4 Å². The third-order valence-corrected chi connectivity index (χ3v) is 7.26. The molecular formula is C15H26ClN3O3S. The quantitative estimate of drug-likeness (QED) is 0.890. The first kappa shape index (κ1) is 18.7. The Kier molecular flexibility index (Phi) is 6.10. The molecule has 0 aliphatic carbocycles. The van der Waals surface area contributed by atoms with Gasteiger partial charge in [0.1, 0.15) is 10.6 Å². The molecule has 0 radical (unpaired) electrons. The van der Waals surface area contributed by atoms with E-state index in [9.17, 15) is 8.42 Å². The van der Waals surface area contributed by atoms with Crippen LogP contribution in [-0.2, 0) is 10.0 Å². The monoisotopic (exact) mass is 363 g/mol. The highest BCUT2D eigenvalue weighted by molar-refractivity contribution is 7.89. The maximum Gasteiger partial charge on any atom is 0.248 e. The van der Waals surface area contributed by atoms with Crippen LogP contribution in [0.1, 0.15) is 37.1 Å². The van der Waals surface area contributed by atoms with E-state index in [-0.39, 0.29) is 17.3 Å². The average molecular weight is 364 g/mol. The van der Waals surface area contributed by atoms with Crippen molar-refractivity contribution in [3.8, 4) is 0 Å². The van der Waals surface area contributed by atoms with E-state index < -0.39 is 10.0 Å². The van der Waals surface area contributed by atoms with Crippen molar-refractivity contribution in [2.24, 2.45) is 11.8 Å². The Hall–Kier alpha value is -0.630. The van der Waals surface area contributed by atoms with Gasteiger partial charge in [0.15, 0.2) is 5.76 Å². The van der Waals surface area contributed by atoms with E-state index in [0.717, 1.165) is 31.8 Å². The Morgan fingerprint density at radius 1 is 1.09 bits per heavy atom. The van der Waals surface area contributed by atoms with Crippen molar-refractivity contribution in [1.82, 2.24) is 14.8 Å². The molecule has 2 aliphatic heterocycles. The van der Waals surface area contributed by atoms with Crippen LogP contribution >= 0.6 is 12.4 Å². The minimum Gasteiger partial charge on any atom is -0.360 e. The molecule has 132 valence electrons. The zero-order valence-corrected chi connectivity index (χ0v) is 15.4. The van der Waals surface area contributed by atoms with Crippen molar-refractivity contribution in [2.75, 3.05) is 26.2 Å². The highest BCUT2D eigenvalue weighted by Gasteiger charge is 2.35. The Bertz CT molecular complexity index is 598. The average Bonchev–Trinajstić information content (AvgIpc) is 2.88. The highest BCUT2D eigenvalue weighted by atomic mass is 35.5. The molecule has 1 N–H and O–H groups in total. The Labute approximate surface area is 144 Å². The molecule has 0 atom stereocenters. The van der Waals surface area contributed by atoms with Gasteiger partial charge < -0.3 is 9.84 Å². The van der Waals surface area contributed by atoms with Crippen LogP contribution in [0.2, 0.25) is 0 Å². The van der Waals surface area contributed by atoms with Crippen LogP contribution in [0.5, 0.6) is 0 Å². The number of sulfonamides is 1. The predicted octanol–water partition coefficient (Wildman–Crippen LogP) is 2.11. The Balaban J connectivity index is 0.00000192. The third-order valence-electron chi connectivity index (χ3n) is 5.11. The maximum atomic E-state index is 12.8. The molecule has 0 spiro atoms. The van der Waals surface area contributed by atoms with Gasteiger partial charge in [0.05, 0.1) is 0 Å². The lowest BCUT2D eigenvalue weighted by Crippen LogP contribution is -2.42. The number of rotatable bonds is 3. The fourth-order valence-electron chi connectivity index (χ4n) is 3.88. The van der Waals surface area contributed by atoms with Crippen LogP contribution in [-0.4, -0.2) is 44.1 Å². The van der Waals surface area contributed by atoms with Crippen LogP contribution in [0, 0.1) is 25.7 Å². The van der Waals surface area contributed by atoms with Crippen molar-refractivity contribution in [3.05, 3.63) is 11.5 Å². The molecule has 8 heteroatoms. The molecule has 2 saturated heterocycles. The molecule has 1 aromatic rings. The summed E-state index contributed by atoms with van der Waals surface area (Å²) in [7, 11) is -3.47. The highest BCUT2D eigenvalue weighted by Crippen LogP contribution is 2.33. The van der Waals surface area contributed by atoms with Crippen molar-refractivity contribution < 1.29 is 12.9 Å². The summed E-state index contributed by atoms with van der Waals surface area (Å²) in [5, 5.41) is 7.17. The molecule has 0 bridgehead atoms. The van der Waals surface area contributed by atoms with Crippen LogP contribution < -0.4 is 5.32 Å². The number of aryl methyl sites for hydroxylation is 2. The van der Waals surface area contributed by atoms with Gasteiger partial charge in [-0.25, -0.2) is 8.42 Å². The number of piperidine rings is 2. The van der Waals surface area contributed by atoms with E-state index in [2.05, 4.69) is 10.5 Å². The Morgan fingerprint density at radius 2 is 1.65 bits per heavy atom. The normalized spacial score (nSPS) is 22.0. The maximum absolute atomic E-state index is 12.8. The van der Waals surface area contributed by atoms with Crippen LogP contribution in [0.3, 0.4) is 0 Å². The van der Waals surface area contributed by atoms with Crippen molar-refractivity contribution in [1.29, 1.82) is 0 Å². The fraction of sp³-hybridized carbons (Fsp3) is 0.800. The van der Waals surface area contributed by atoms with Crippen LogP contribution in [0.15, 0.2) is 9.42 Å². The van der Waals surface area contributed by atoms with Gasteiger partial charge in [-0.3, -0.25) is 0 Å². The number of hydrogen-bond donors (Lipinski definition) is 1. The molecule has 0 saturated carbocycles. The van der Waals surface area contributed by atoms with Crippen molar-refractivity contribution in [2.45, 2.75) is 44.4 Å². The lowest BCUT2D eigenvalue weighted by molar-refractivity contribution is 0.176. The Morgan fingerprint density at radius 3 is 2.17 bits per heavy atom. The fourth-order valence-corrected chi connectivity index (χ4v) is 5.64. The van der Waals surface area contributed by atoms with Gasteiger partial charge in [-0.1, -0.05) is 5.16 Å². The van der Waals surface area contributed by atoms with Gasteiger partial charge in [0, 0.05) is 13.1 Å². The molecule has 0 unspecified atom stereocenters. The lowest BCUT2D eigenvalue weighted by Gasteiger charge is -2.37. The number of nitrogens with zero attached hydrogens (tertiary/aromatic N) is 2. The van der Waals surface area contributed by atoms with E-state index >= 15 is 0 Å². The third kappa shape index (κ3) is 3.73. The van der Waals surface area contributed by atoms with E-state index in [0.29, 0.717) is 30.5 Å². The van der Waals surface area contributed by atoms with Gasteiger partial charge >= 0.3 is 0 Å². The number of hydrogen-bond acceptors (Lipinski definition) is 5. The van der Waals surface area contributed by atoms with Gasteiger partial charge in [-0.15, -0.1) is 12.4 Å². The SMILES string of the molecule is Cc1noc(C)c1S(=O)(=O)N1CCC(C2CCNCC2)CC1.Cl. The van der Waals surface area contributed by atoms with Gasteiger partial charge in [-0.2, -0.15) is 4.31 Å². The molecule has 1 aromatic heterocycles. The minimum atomic E-state index is -3.47. The smallest absolute Gasteiger partial charge is 0.248 e. The summed E-state index contributed by atoms with van der Waals surface area (Å²) in [5.41, 5.74) is 0.456. The van der Waals surface area contributed by atoms with E-state index in [4.69, 9.17) is 4.52 Å². The van der Waals surface area contributed by atoms with E-state index in [1.165, 1.54) is 12.8 Å². The van der Waals surface area contributed by atoms with Gasteiger partial charge in [0.2, 0.25) is 10.0 Å². The van der Waals surface area contributed by atoms with Gasteiger partial charge in [-0.05, 0) is 64.5 Å². The predicted molar refractivity (Wildman–Crippen MR) is 90.3 cm³/mol. The molecule has 2 fully saturated rings. The summed E-state index contributed by atoms with van der Waals surface area (Å²) < 4.78 is 32.2. The molecule has 0 amide bonds. The first-order valence-corrected chi connectivity index (χ1v) is 9.58. The molecule has 0 aromatic carbocycles. The van der Waals surface area contributed by atoms with Crippen molar-refractivity contribution in [3.63, 3.8) is 0 Å². The van der Waals surface area contributed by atoms with Crippen LogP contribution in [0.4, 0.5) is 0 Å². The second-order valence-electron chi connectivity index (χ2n) is 6.48. The molecule has 3 heterocycles. The summed E-state index contributed by atoms with van der Waals surface area (Å²) in [6.07, 6.45) is 4.38. The molecular weight excluding hydrogens is 338 g/mol. The summed E-state index contributed by atoms with van der Waals surface area (Å²) >= 11 is 0. The van der Waals surface area contributed by atoms with Crippen LogP contribution in [0.25, 0.3) is 0 Å². The summed E-state index contributed by atoms with van der Waals surface area (Å²) in [6, 6.07) is 0. The number of nitrogens with one attached hydrogen (secondary N) is 1. The van der Waals surface area contributed by atoms with Crippen molar-refractivity contribution >= 4 is 22.4 Å². The van der Waals surface area contributed by atoms with E-state index in [1.807, 2.05) is 0 Å². The molecule has 6 nitrogen and oxygen atoms in total. The number of halogens is 1. The zero-order valence-electron chi connectivity index (χ0n) is 13.7. The standard InChI is InChI=1S/C15H25N3O3S.ClH/c1-11-15(12(2)21-17-11)22(19,20)18-9-5-14(6-10-18)13-3-7-16-8-4-13;/h13-14,16H,3-10H2,1-2H3;1H. The first-order valence-electron chi connectivity index (χ1n) is 8.14. The largest absolute Gasteiger partial charge is 0.360 e. The van der Waals surface area contributed by atoms with E-state index in [1.54, 1.807) is 18.2 Å². The summed E-state index contributed by atoms with van der Waals surface area (Å²) in [5.74, 6) is 1.81. The van der Waals surface area contributed by atoms with Gasteiger partial charge in [0.25, 0.3) is 0 Å². The summed E-state index contributed by atoms with van der Waals surface area (Å²) in [4.78, 5) is 0.257.